The molecule has 0 atom stereocenters. The van der Waals surface area contributed by atoms with Crippen molar-refractivity contribution in [1.82, 2.24) is 0 Å². The van der Waals surface area contributed by atoms with Crippen LogP contribution in [-0.2, 0) is 8.85 Å². The summed E-state index contributed by atoms with van der Waals surface area (Å²) in [6, 6.07) is 9.77. The molecule has 1 rings (SSSR count). The van der Waals surface area contributed by atoms with Gasteiger partial charge < -0.3 is 13.6 Å². The van der Waals surface area contributed by atoms with E-state index in [9.17, 15) is 4.80 Å². The van der Waals surface area contributed by atoms with E-state index in [0.29, 0.717) is 13.2 Å². The summed E-state index contributed by atoms with van der Waals surface area (Å²) >= 11 is 0. The fraction of sp³-hybridized carbons (Fsp3) is 0.333. The first-order valence-corrected chi connectivity index (χ1v) is 7.29. The van der Waals surface area contributed by atoms with Crippen molar-refractivity contribution in [2.45, 2.75) is 13.8 Å². The van der Waals surface area contributed by atoms with Crippen molar-refractivity contribution >= 4 is 14.9 Å². The molecule has 16 heavy (non-hydrogen) atoms. The molecular formula is C12H18O3Si. The van der Waals surface area contributed by atoms with E-state index in [2.05, 4.69) is 0 Å². The predicted octanol–water partition coefficient (Wildman–Crippen LogP) is 2.24. The van der Waals surface area contributed by atoms with E-state index in [0.717, 1.165) is 5.56 Å². The normalized spacial score (nSPS) is 12.2. The van der Waals surface area contributed by atoms with Crippen molar-refractivity contribution in [2.24, 2.45) is 0 Å². The molecule has 1 aromatic carbocycles. The van der Waals surface area contributed by atoms with Gasteiger partial charge in [0.2, 0.25) is 0 Å². The molecule has 0 spiro atoms. The third-order valence-corrected chi connectivity index (χ3v) is 3.98. The van der Waals surface area contributed by atoms with Gasteiger partial charge in [-0.1, -0.05) is 36.4 Å². The number of rotatable bonds is 6. The summed E-state index contributed by atoms with van der Waals surface area (Å²) in [5.74, 6) is 0. The van der Waals surface area contributed by atoms with Gasteiger partial charge in [-0.3, -0.25) is 0 Å². The van der Waals surface area contributed by atoms with Crippen LogP contribution in [0.25, 0.3) is 6.08 Å². The molecular weight excluding hydrogens is 220 g/mol. The molecule has 88 valence electrons. The second-order valence-corrected chi connectivity index (χ2v) is 5.41. The lowest BCUT2D eigenvalue weighted by Gasteiger charge is -2.18. The summed E-state index contributed by atoms with van der Waals surface area (Å²) < 4.78 is 10.6. The number of hydrogen-bond acceptors (Lipinski definition) is 3. The van der Waals surface area contributed by atoms with E-state index in [4.69, 9.17) is 8.85 Å². The fourth-order valence-electron chi connectivity index (χ4n) is 1.32. The van der Waals surface area contributed by atoms with Gasteiger partial charge in [0.05, 0.1) is 0 Å². The monoisotopic (exact) mass is 238 g/mol. The maximum absolute atomic E-state index is 10.1. The largest absolute Gasteiger partial charge is 0.526 e. The van der Waals surface area contributed by atoms with Gasteiger partial charge in [0.1, 0.15) is 0 Å². The Morgan fingerprint density at radius 1 is 1.12 bits per heavy atom. The van der Waals surface area contributed by atoms with E-state index in [1.165, 1.54) is 0 Å². The smallest absolute Gasteiger partial charge is 0.387 e. The van der Waals surface area contributed by atoms with Gasteiger partial charge in [-0.25, -0.2) is 0 Å². The van der Waals surface area contributed by atoms with E-state index >= 15 is 0 Å². The van der Waals surface area contributed by atoms with Crippen LogP contribution in [-0.4, -0.2) is 26.8 Å². The van der Waals surface area contributed by atoms with E-state index < -0.39 is 8.80 Å². The molecule has 0 aromatic heterocycles. The Morgan fingerprint density at radius 3 is 2.19 bits per heavy atom. The molecule has 0 amide bonds. The Bertz CT molecular complexity index is 318. The predicted molar refractivity (Wildman–Crippen MR) is 66.7 cm³/mol. The summed E-state index contributed by atoms with van der Waals surface area (Å²) in [5.41, 5.74) is 2.67. The summed E-state index contributed by atoms with van der Waals surface area (Å²) in [6.07, 6.45) is 1.83. The Hall–Kier alpha value is -0.943. The average Bonchev–Trinajstić information content (AvgIpc) is 2.29. The zero-order valence-corrected chi connectivity index (χ0v) is 10.7. The molecule has 1 aromatic rings. The topological polar surface area (TPSA) is 38.7 Å². The molecule has 0 heterocycles. The lowest BCUT2D eigenvalue weighted by molar-refractivity contribution is 0.122. The molecule has 3 nitrogen and oxygen atoms in total. The van der Waals surface area contributed by atoms with Gasteiger partial charge in [0.25, 0.3) is 0 Å². The molecule has 0 fully saturated rings. The maximum atomic E-state index is 10.1. The highest BCUT2D eigenvalue weighted by Crippen LogP contribution is 2.09. The quantitative estimate of drug-likeness (QED) is 0.773. The molecule has 0 aliphatic heterocycles. The summed E-state index contributed by atoms with van der Waals surface area (Å²) in [7, 11) is -3.11. The van der Waals surface area contributed by atoms with Crippen LogP contribution in [0.3, 0.4) is 0 Å². The van der Waals surface area contributed by atoms with Crippen LogP contribution in [0, 0.1) is 0 Å². The molecule has 0 radical (unpaired) electrons. The molecule has 1 N–H and O–H groups in total. The van der Waals surface area contributed by atoms with Crippen molar-refractivity contribution in [1.29, 1.82) is 0 Å². The Balaban J connectivity index is 2.71. The van der Waals surface area contributed by atoms with E-state index in [1.807, 2.05) is 50.3 Å². The van der Waals surface area contributed by atoms with Gasteiger partial charge in [-0.05, 0) is 25.1 Å². The first-order chi connectivity index (χ1) is 7.70. The lowest BCUT2D eigenvalue weighted by Crippen LogP contribution is -2.40. The van der Waals surface area contributed by atoms with Crippen LogP contribution < -0.4 is 0 Å². The average molecular weight is 238 g/mol. The number of benzene rings is 1. The minimum absolute atomic E-state index is 0.446. The van der Waals surface area contributed by atoms with Crippen LogP contribution in [0.15, 0.2) is 36.0 Å². The van der Waals surface area contributed by atoms with Crippen molar-refractivity contribution in [3.05, 3.63) is 41.6 Å². The van der Waals surface area contributed by atoms with Gasteiger partial charge in [-0.15, -0.1) is 0 Å². The highest BCUT2D eigenvalue weighted by atomic mass is 28.4. The second-order valence-electron chi connectivity index (χ2n) is 3.24. The lowest BCUT2D eigenvalue weighted by atomic mass is 10.2. The molecule has 0 aliphatic carbocycles. The highest BCUT2D eigenvalue weighted by molar-refractivity contribution is 6.65. The zero-order valence-electron chi connectivity index (χ0n) is 9.72. The molecule has 0 aliphatic rings. The zero-order chi connectivity index (χ0) is 11.9. The Labute approximate surface area is 97.7 Å². The van der Waals surface area contributed by atoms with E-state index in [-0.39, 0.29) is 0 Å². The second kappa shape index (κ2) is 6.60. The highest BCUT2D eigenvalue weighted by Gasteiger charge is 2.32. The summed E-state index contributed by atoms with van der Waals surface area (Å²) in [5, 5.41) is 0. The molecule has 0 saturated carbocycles. The van der Waals surface area contributed by atoms with Crippen LogP contribution in [0.1, 0.15) is 19.4 Å². The first kappa shape index (κ1) is 13.1. The van der Waals surface area contributed by atoms with Crippen LogP contribution in [0.2, 0.25) is 0 Å². The van der Waals surface area contributed by atoms with Gasteiger partial charge >= 0.3 is 8.80 Å². The minimum Gasteiger partial charge on any atom is -0.387 e. The standard InChI is InChI=1S/C12H18O3Si/c1-3-14-16(13,15-4-2)11-10-12-8-6-5-7-9-12/h5-11,13H,3-4H2,1-2H3. The van der Waals surface area contributed by atoms with Gasteiger partial charge in [0.15, 0.2) is 0 Å². The van der Waals surface area contributed by atoms with Crippen LogP contribution in [0.5, 0.6) is 0 Å². The first-order valence-electron chi connectivity index (χ1n) is 5.44. The molecule has 0 bridgehead atoms. The van der Waals surface area contributed by atoms with Crippen LogP contribution >= 0.6 is 0 Å². The molecule has 0 saturated heterocycles. The minimum atomic E-state index is -3.11. The Morgan fingerprint density at radius 2 is 1.69 bits per heavy atom. The van der Waals surface area contributed by atoms with E-state index in [1.54, 1.807) is 5.70 Å². The summed E-state index contributed by atoms with van der Waals surface area (Å²) in [6.45, 7) is 4.57. The maximum Gasteiger partial charge on any atom is 0.526 e. The molecule has 0 unspecified atom stereocenters. The van der Waals surface area contributed by atoms with Gasteiger partial charge in [-0.2, -0.15) is 0 Å². The van der Waals surface area contributed by atoms with Crippen molar-refractivity contribution in [2.75, 3.05) is 13.2 Å². The van der Waals surface area contributed by atoms with Crippen molar-refractivity contribution in [3.8, 4) is 0 Å². The van der Waals surface area contributed by atoms with Crippen molar-refractivity contribution < 1.29 is 13.6 Å². The third-order valence-electron chi connectivity index (χ3n) is 1.99. The Kier molecular flexibility index (Phi) is 5.41. The fourth-order valence-corrected chi connectivity index (χ4v) is 2.82. The molecule has 4 heteroatoms. The van der Waals surface area contributed by atoms with Crippen LogP contribution in [0.4, 0.5) is 0 Å². The number of hydrogen-bond donors (Lipinski definition) is 1. The SMILES string of the molecule is CCO[Si](O)(C=Cc1ccccc1)OCC. The van der Waals surface area contributed by atoms with Gasteiger partial charge in [0, 0.05) is 13.2 Å². The third kappa shape index (κ3) is 4.28. The summed E-state index contributed by atoms with van der Waals surface area (Å²) in [4.78, 5) is 10.1. The van der Waals surface area contributed by atoms with Crippen molar-refractivity contribution in [3.63, 3.8) is 0 Å².